The van der Waals surface area contributed by atoms with Crippen LogP contribution in [0.1, 0.15) is 5.56 Å². The number of nitriles is 1. The van der Waals surface area contributed by atoms with Crippen molar-refractivity contribution in [2.45, 2.75) is 0 Å². The highest BCUT2D eigenvalue weighted by molar-refractivity contribution is 6.44. The number of aromatic nitrogens is 1. The Balaban J connectivity index is 2.18. The summed E-state index contributed by atoms with van der Waals surface area (Å²) >= 11 is 36.5. The van der Waals surface area contributed by atoms with Crippen molar-refractivity contribution in [3.05, 3.63) is 72.2 Å². The van der Waals surface area contributed by atoms with Crippen molar-refractivity contribution in [3.63, 3.8) is 0 Å². The van der Waals surface area contributed by atoms with Gasteiger partial charge in [0.05, 0.1) is 41.4 Å². The average molecular weight is 463 g/mol. The van der Waals surface area contributed by atoms with E-state index in [4.69, 9.17) is 69.6 Å². The van der Waals surface area contributed by atoms with Gasteiger partial charge in [0.2, 0.25) is 0 Å². The second kappa shape index (κ2) is 7.82. The van der Waals surface area contributed by atoms with E-state index in [1.165, 1.54) is 12.1 Å². The van der Waals surface area contributed by atoms with Gasteiger partial charge in [0.25, 0.3) is 0 Å². The van der Waals surface area contributed by atoms with Crippen LogP contribution in [0.4, 0.5) is 0 Å². The van der Waals surface area contributed by atoms with Crippen LogP contribution in [-0.2, 0) is 0 Å². The van der Waals surface area contributed by atoms with Crippen molar-refractivity contribution in [2.75, 3.05) is 0 Å². The van der Waals surface area contributed by atoms with E-state index in [1.54, 1.807) is 24.4 Å². The molecule has 0 aliphatic heterocycles. The largest absolute Gasteiger partial charge is 0.254 e. The van der Waals surface area contributed by atoms with Gasteiger partial charge in [-0.15, -0.1) is 0 Å². The molecule has 2 nitrogen and oxygen atoms in total. The zero-order chi connectivity index (χ0) is 19.0. The summed E-state index contributed by atoms with van der Waals surface area (Å²) in [5.74, 6) is 0. The fourth-order valence-electron chi connectivity index (χ4n) is 2.36. The summed E-state index contributed by atoms with van der Waals surface area (Å²) in [4.78, 5) is 4.38. The van der Waals surface area contributed by atoms with E-state index in [1.807, 2.05) is 0 Å². The van der Waals surface area contributed by atoms with Gasteiger partial charge in [-0.1, -0.05) is 69.6 Å². The van der Waals surface area contributed by atoms with Crippen LogP contribution < -0.4 is 0 Å². The molecule has 0 N–H and O–H groups in total. The summed E-state index contributed by atoms with van der Waals surface area (Å²) in [5, 5.41) is 11.6. The number of hydrogen-bond acceptors (Lipinski definition) is 2. The van der Waals surface area contributed by atoms with Crippen LogP contribution >= 0.6 is 69.6 Å². The van der Waals surface area contributed by atoms with E-state index in [0.717, 1.165) is 0 Å². The van der Waals surface area contributed by atoms with Gasteiger partial charge < -0.3 is 0 Å². The smallest absolute Gasteiger partial charge is 0.101 e. The molecule has 1 aromatic heterocycles. The Kier molecular flexibility index (Phi) is 5.89. The number of hydrogen-bond donors (Lipinski definition) is 0. The summed E-state index contributed by atoms with van der Waals surface area (Å²) in [6.07, 6.45) is 1.57. The molecule has 130 valence electrons. The highest BCUT2D eigenvalue weighted by Gasteiger charge is 2.16. The molecular weight excluding hydrogens is 457 g/mol. The van der Waals surface area contributed by atoms with E-state index < -0.39 is 0 Å². The minimum atomic E-state index is 0.296. The zero-order valence-corrected chi connectivity index (χ0v) is 17.2. The van der Waals surface area contributed by atoms with Gasteiger partial charge in [0.15, 0.2) is 0 Å². The third-order valence-electron chi connectivity index (χ3n) is 3.59. The Bertz CT molecular complexity index is 1070. The van der Waals surface area contributed by atoms with Gasteiger partial charge in [-0.25, -0.2) is 0 Å². The molecule has 0 spiro atoms. The first-order chi connectivity index (χ1) is 12.3. The van der Waals surface area contributed by atoms with Gasteiger partial charge in [0, 0.05) is 22.9 Å². The van der Waals surface area contributed by atoms with Gasteiger partial charge >= 0.3 is 0 Å². The summed E-state index contributed by atoms with van der Waals surface area (Å²) in [6.45, 7) is 0. The molecule has 3 aromatic rings. The Morgan fingerprint density at radius 3 is 1.73 bits per heavy atom. The average Bonchev–Trinajstić information content (AvgIpc) is 2.61. The van der Waals surface area contributed by atoms with E-state index in [0.29, 0.717) is 58.1 Å². The van der Waals surface area contributed by atoms with Crippen molar-refractivity contribution >= 4 is 69.6 Å². The molecule has 8 heteroatoms. The molecule has 0 amide bonds. The molecule has 2 aromatic carbocycles. The Morgan fingerprint density at radius 2 is 1.15 bits per heavy atom. The van der Waals surface area contributed by atoms with Crippen LogP contribution in [0.2, 0.25) is 30.1 Å². The van der Waals surface area contributed by atoms with E-state index >= 15 is 0 Å². The molecule has 0 saturated heterocycles. The molecule has 0 bridgehead atoms. The number of nitrogens with zero attached hydrogens (tertiary/aromatic N) is 2. The molecular formula is C18H6Cl6N2. The summed E-state index contributed by atoms with van der Waals surface area (Å²) in [5.41, 5.74) is 2.41. The Labute approximate surface area is 179 Å². The fourth-order valence-corrected chi connectivity index (χ4v) is 3.65. The molecule has 0 aliphatic rings. The number of rotatable bonds is 2. The van der Waals surface area contributed by atoms with Gasteiger partial charge in [-0.3, -0.25) is 4.98 Å². The van der Waals surface area contributed by atoms with E-state index in [-0.39, 0.29) is 0 Å². The molecule has 1 heterocycles. The molecule has 0 aliphatic carbocycles. The van der Waals surface area contributed by atoms with Crippen molar-refractivity contribution in [2.24, 2.45) is 0 Å². The highest BCUT2D eigenvalue weighted by atomic mass is 35.5. The van der Waals surface area contributed by atoms with Gasteiger partial charge in [-0.05, 0) is 30.3 Å². The lowest BCUT2D eigenvalue weighted by Crippen LogP contribution is -1.93. The number of halogens is 6. The molecule has 0 saturated carbocycles. The van der Waals surface area contributed by atoms with Crippen molar-refractivity contribution in [1.29, 1.82) is 5.26 Å². The third-order valence-corrected chi connectivity index (χ3v) is 5.66. The molecule has 0 unspecified atom stereocenters. The lowest BCUT2D eigenvalue weighted by molar-refractivity contribution is 1.30. The maximum atomic E-state index is 9.56. The zero-order valence-electron chi connectivity index (χ0n) is 12.6. The van der Waals surface area contributed by atoms with Crippen LogP contribution in [0.3, 0.4) is 0 Å². The normalized spacial score (nSPS) is 10.7. The quantitative estimate of drug-likeness (QED) is 0.360. The van der Waals surface area contributed by atoms with Gasteiger partial charge in [-0.2, -0.15) is 5.26 Å². The van der Waals surface area contributed by atoms with Crippen LogP contribution in [-0.4, -0.2) is 4.98 Å². The number of benzene rings is 2. The first kappa shape index (κ1) is 19.6. The molecule has 0 radical (unpaired) electrons. The van der Waals surface area contributed by atoms with Crippen LogP contribution in [0.15, 0.2) is 36.5 Å². The maximum absolute atomic E-state index is 9.56. The molecule has 3 rings (SSSR count). The monoisotopic (exact) mass is 460 g/mol. The minimum Gasteiger partial charge on any atom is -0.254 e. The predicted octanol–water partition coefficient (Wildman–Crippen LogP) is 8.21. The fraction of sp³-hybridized carbons (Fsp3) is 0. The Morgan fingerprint density at radius 1 is 0.654 bits per heavy atom. The van der Waals surface area contributed by atoms with E-state index in [9.17, 15) is 5.26 Å². The van der Waals surface area contributed by atoms with Crippen LogP contribution in [0.25, 0.3) is 22.4 Å². The third kappa shape index (κ3) is 3.75. The summed E-state index contributed by atoms with van der Waals surface area (Å²) < 4.78 is 0. The molecule has 26 heavy (non-hydrogen) atoms. The summed E-state index contributed by atoms with van der Waals surface area (Å²) in [6, 6.07) is 9.99. The standard InChI is InChI=1S/C18H6Cl6N2/c19-12-4-16(23)14(21)2-10(12)9-1-8(6-25)18(26-7-9)11-3-15(22)17(24)5-13(11)20/h1-5,7H. The predicted molar refractivity (Wildman–Crippen MR) is 110 cm³/mol. The number of pyridine rings is 1. The topological polar surface area (TPSA) is 36.7 Å². The van der Waals surface area contributed by atoms with Crippen molar-refractivity contribution < 1.29 is 0 Å². The summed E-state index contributed by atoms with van der Waals surface area (Å²) in [7, 11) is 0. The Hall–Kier alpha value is -1.18. The first-order valence-electron chi connectivity index (χ1n) is 7.01. The van der Waals surface area contributed by atoms with Crippen LogP contribution in [0, 0.1) is 11.3 Å². The first-order valence-corrected chi connectivity index (χ1v) is 9.28. The van der Waals surface area contributed by atoms with Crippen molar-refractivity contribution in [3.8, 4) is 28.5 Å². The SMILES string of the molecule is N#Cc1cc(-c2cc(Cl)c(Cl)cc2Cl)cnc1-c1cc(Cl)c(Cl)cc1Cl. The minimum absolute atomic E-state index is 0.296. The second-order valence-corrected chi connectivity index (χ2v) is 7.67. The van der Waals surface area contributed by atoms with Crippen LogP contribution in [0.5, 0.6) is 0 Å². The maximum Gasteiger partial charge on any atom is 0.101 e. The second-order valence-electron chi connectivity index (χ2n) is 5.22. The van der Waals surface area contributed by atoms with E-state index in [2.05, 4.69) is 11.1 Å². The highest BCUT2D eigenvalue weighted by Crippen LogP contribution is 2.39. The lowest BCUT2D eigenvalue weighted by Gasteiger charge is -2.11. The molecule has 0 atom stereocenters. The molecule has 0 fully saturated rings. The van der Waals surface area contributed by atoms with Crippen molar-refractivity contribution in [1.82, 2.24) is 4.98 Å². The lowest BCUT2D eigenvalue weighted by atomic mass is 10.0. The van der Waals surface area contributed by atoms with Gasteiger partial charge in [0.1, 0.15) is 6.07 Å².